The number of carboxylic acid groups (broad SMARTS) is 1. The minimum atomic E-state index is -4.59. The zero-order valence-electron chi connectivity index (χ0n) is 11.9. The summed E-state index contributed by atoms with van der Waals surface area (Å²) in [7, 11) is 0. The molecule has 1 amide bonds. The van der Waals surface area contributed by atoms with Gasteiger partial charge in [-0.25, -0.2) is 5.43 Å². The van der Waals surface area contributed by atoms with Gasteiger partial charge >= 0.3 is 6.18 Å². The molecule has 0 radical (unpaired) electrons. The van der Waals surface area contributed by atoms with Crippen LogP contribution in [0.4, 0.5) is 13.2 Å². The quantitative estimate of drug-likeness (QED) is 0.630. The lowest BCUT2D eigenvalue weighted by molar-refractivity contribution is -0.255. The van der Waals surface area contributed by atoms with Gasteiger partial charge in [0.15, 0.2) is 5.69 Å². The van der Waals surface area contributed by atoms with Crippen molar-refractivity contribution in [1.82, 2.24) is 15.2 Å². The SMILES string of the molecule is O=C(Cn1ccc(C(F)(F)F)n1)N/N=C\c1ccccc1C(=O)[O-]. The van der Waals surface area contributed by atoms with Gasteiger partial charge in [-0.2, -0.15) is 23.4 Å². The molecule has 0 aliphatic carbocycles. The van der Waals surface area contributed by atoms with Crippen LogP contribution in [0, 0.1) is 0 Å². The zero-order valence-corrected chi connectivity index (χ0v) is 11.9. The molecule has 1 heterocycles. The van der Waals surface area contributed by atoms with Gasteiger partial charge < -0.3 is 9.90 Å². The van der Waals surface area contributed by atoms with Crippen LogP contribution in [0.25, 0.3) is 0 Å². The number of nitrogens with one attached hydrogen (secondary N) is 1. The first-order valence-electron chi connectivity index (χ1n) is 6.50. The van der Waals surface area contributed by atoms with E-state index in [4.69, 9.17) is 0 Å². The summed E-state index contributed by atoms with van der Waals surface area (Å²) in [5, 5.41) is 17.7. The summed E-state index contributed by atoms with van der Waals surface area (Å²) >= 11 is 0. The molecule has 2 aromatic rings. The topological polar surface area (TPSA) is 99.4 Å². The Labute approximate surface area is 133 Å². The van der Waals surface area contributed by atoms with Gasteiger partial charge in [-0.1, -0.05) is 24.3 Å². The summed E-state index contributed by atoms with van der Waals surface area (Å²) in [5.41, 5.74) is 1.05. The largest absolute Gasteiger partial charge is 0.545 e. The lowest BCUT2D eigenvalue weighted by atomic mass is 10.1. The number of alkyl halides is 3. The maximum atomic E-state index is 12.4. The van der Waals surface area contributed by atoms with Crippen LogP contribution < -0.4 is 10.5 Å². The second kappa shape index (κ2) is 6.94. The molecule has 0 saturated carbocycles. The molecule has 0 atom stereocenters. The number of nitrogens with zero attached hydrogens (tertiary/aromatic N) is 3. The number of rotatable bonds is 5. The van der Waals surface area contributed by atoms with Crippen LogP contribution >= 0.6 is 0 Å². The summed E-state index contributed by atoms with van der Waals surface area (Å²) < 4.78 is 37.9. The fraction of sp³-hybridized carbons (Fsp3) is 0.143. The molecule has 0 aliphatic heterocycles. The van der Waals surface area contributed by atoms with Crippen LogP contribution in [0.2, 0.25) is 0 Å². The third-order valence-corrected chi connectivity index (χ3v) is 2.81. The summed E-state index contributed by atoms with van der Waals surface area (Å²) in [5.74, 6) is -2.13. The van der Waals surface area contributed by atoms with Crippen molar-refractivity contribution in [3.05, 3.63) is 53.3 Å². The fourth-order valence-electron chi connectivity index (χ4n) is 1.75. The standard InChI is InChI=1S/C14H11F3N4O3/c15-14(16,17)11-5-6-21(20-11)8-12(22)19-18-7-9-3-1-2-4-10(9)13(23)24/h1-7H,8H2,(H,19,22)(H,23,24)/p-1/b18-7-. The Bertz CT molecular complexity index is 784. The molecule has 1 aromatic carbocycles. The van der Waals surface area contributed by atoms with Crippen molar-refractivity contribution in [3.8, 4) is 0 Å². The van der Waals surface area contributed by atoms with Crippen LogP contribution in [0.3, 0.4) is 0 Å². The van der Waals surface area contributed by atoms with Gasteiger partial charge in [0.2, 0.25) is 0 Å². The van der Waals surface area contributed by atoms with Gasteiger partial charge in [0.1, 0.15) is 6.54 Å². The van der Waals surface area contributed by atoms with Crippen LogP contribution in [-0.2, 0) is 17.5 Å². The average molecular weight is 339 g/mol. The van der Waals surface area contributed by atoms with Crippen molar-refractivity contribution < 1.29 is 27.9 Å². The average Bonchev–Trinajstić information content (AvgIpc) is 2.96. The number of aromatic nitrogens is 2. The fourth-order valence-corrected chi connectivity index (χ4v) is 1.75. The highest BCUT2D eigenvalue weighted by atomic mass is 19.4. The third-order valence-electron chi connectivity index (χ3n) is 2.81. The smallest absolute Gasteiger partial charge is 0.435 e. The molecule has 2 rings (SSSR count). The molecule has 0 bridgehead atoms. The molecular formula is C14H10F3N4O3-. The van der Waals surface area contributed by atoms with Crippen LogP contribution in [-0.4, -0.2) is 27.9 Å². The Balaban J connectivity index is 1.96. The molecule has 0 aliphatic rings. The summed E-state index contributed by atoms with van der Waals surface area (Å²) in [6, 6.07) is 6.56. The van der Waals surface area contributed by atoms with E-state index >= 15 is 0 Å². The van der Waals surface area contributed by atoms with Crippen molar-refractivity contribution in [3.63, 3.8) is 0 Å². The molecule has 7 nitrogen and oxygen atoms in total. The van der Waals surface area contributed by atoms with Gasteiger partial charge in [0.05, 0.1) is 12.2 Å². The first-order valence-corrected chi connectivity index (χ1v) is 6.50. The third kappa shape index (κ3) is 4.41. The number of hydrogen-bond donors (Lipinski definition) is 1. The number of carbonyl (C=O) groups excluding carboxylic acids is 2. The Morgan fingerprint density at radius 2 is 2.00 bits per heavy atom. The predicted octanol–water partition coefficient (Wildman–Crippen LogP) is 0.416. The van der Waals surface area contributed by atoms with Gasteiger partial charge in [0.25, 0.3) is 5.91 Å². The minimum absolute atomic E-state index is 0.114. The van der Waals surface area contributed by atoms with E-state index in [0.717, 1.165) is 23.2 Å². The number of carboxylic acids is 1. The van der Waals surface area contributed by atoms with E-state index in [1.54, 1.807) is 6.07 Å². The lowest BCUT2D eigenvalue weighted by Gasteiger charge is -2.05. The Hall–Kier alpha value is -3.17. The molecule has 1 aromatic heterocycles. The molecule has 1 N–H and O–H groups in total. The number of hydrogen-bond acceptors (Lipinski definition) is 5. The highest BCUT2D eigenvalue weighted by molar-refractivity contribution is 5.97. The van der Waals surface area contributed by atoms with Crippen LogP contribution in [0.15, 0.2) is 41.6 Å². The highest BCUT2D eigenvalue weighted by Crippen LogP contribution is 2.27. The maximum absolute atomic E-state index is 12.4. The number of carbonyl (C=O) groups is 2. The number of amides is 1. The van der Waals surface area contributed by atoms with E-state index in [1.807, 2.05) is 0 Å². The van der Waals surface area contributed by atoms with Crippen molar-refractivity contribution >= 4 is 18.1 Å². The van der Waals surface area contributed by atoms with E-state index in [0.29, 0.717) is 0 Å². The number of halogens is 3. The molecule has 0 spiro atoms. The molecule has 0 saturated heterocycles. The summed E-state index contributed by atoms with van der Waals surface area (Å²) in [6.45, 7) is -0.477. The Morgan fingerprint density at radius 1 is 1.29 bits per heavy atom. The maximum Gasteiger partial charge on any atom is 0.435 e. The number of hydrazone groups is 1. The predicted molar refractivity (Wildman–Crippen MR) is 73.7 cm³/mol. The highest BCUT2D eigenvalue weighted by Gasteiger charge is 2.33. The van der Waals surface area contributed by atoms with E-state index < -0.39 is 30.3 Å². The molecule has 126 valence electrons. The van der Waals surface area contributed by atoms with Crippen molar-refractivity contribution in [1.29, 1.82) is 0 Å². The van der Waals surface area contributed by atoms with E-state index in [9.17, 15) is 27.9 Å². The van der Waals surface area contributed by atoms with Crippen molar-refractivity contribution in [2.45, 2.75) is 12.7 Å². The van der Waals surface area contributed by atoms with Crippen molar-refractivity contribution in [2.24, 2.45) is 5.10 Å². The number of benzene rings is 1. The summed E-state index contributed by atoms with van der Waals surface area (Å²) in [4.78, 5) is 22.5. The Kier molecular flexibility index (Phi) is 4.97. The number of aromatic carboxylic acids is 1. The second-order valence-electron chi connectivity index (χ2n) is 4.56. The first kappa shape index (κ1) is 17.2. The van der Waals surface area contributed by atoms with E-state index in [-0.39, 0.29) is 11.1 Å². The molecule has 10 heteroatoms. The van der Waals surface area contributed by atoms with Crippen LogP contribution in [0.1, 0.15) is 21.6 Å². The lowest BCUT2D eigenvalue weighted by Crippen LogP contribution is -2.25. The van der Waals surface area contributed by atoms with Gasteiger partial charge in [-0.15, -0.1) is 0 Å². The Morgan fingerprint density at radius 3 is 2.62 bits per heavy atom. The van der Waals surface area contributed by atoms with E-state index in [1.165, 1.54) is 18.2 Å². The second-order valence-corrected chi connectivity index (χ2v) is 4.56. The molecule has 0 unspecified atom stereocenters. The zero-order chi connectivity index (χ0) is 17.7. The normalized spacial score (nSPS) is 11.6. The molecule has 24 heavy (non-hydrogen) atoms. The van der Waals surface area contributed by atoms with Gasteiger partial charge in [0, 0.05) is 17.3 Å². The van der Waals surface area contributed by atoms with Gasteiger partial charge in [-0.3, -0.25) is 9.48 Å². The monoisotopic (exact) mass is 339 g/mol. The molecular weight excluding hydrogens is 329 g/mol. The van der Waals surface area contributed by atoms with Gasteiger partial charge in [-0.05, 0) is 6.07 Å². The first-order chi connectivity index (χ1) is 11.3. The van der Waals surface area contributed by atoms with Crippen molar-refractivity contribution in [2.75, 3.05) is 0 Å². The molecule has 0 fully saturated rings. The van der Waals surface area contributed by atoms with E-state index in [2.05, 4.69) is 15.6 Å². The van der Waals surface area contributed by atoms with Crippen LogP contribution in [0.5, 0.6) is 0 Å². The summed E-state index contributed by atoms with van der Waals surface area (Å²) in [6.07, 6.45) is -2.49. The minimum Gasteiger partial charge on any atom is -0.545 e.